The first-order chi connectivity index (χ1) is 9.97. The van der Waals surface area contributed by atoms with E-state index in [-0.39, 0.29) is 0 Å². The minimum Gasteiger partial charge on any atom is -0.496 e. The first-order valence-electron chi connectivity index (χ1n) is 6.38. The van der Waals surface area contributed by atoms with Gasteiger partial charge in [-0.15, -0.1) is 0 Å². The maximum absolute atomic E-state index is 11.8. The van der Waals surface area contributed by atoms with Crippen LogP contribution in [0, 0.1) is 0 Å². The SMILES string of the molecule is COc1ccccc1C(C)(Nc1ccc(Cl)cc1)C(=O)O. The summed E-state index contributed by atoms with van der Waals surface area (Å²) in [6.07, 6.45) is 0. The number of benzene rings is 2. The van der Waals surface area contributed by atoms with E-state index >= 15 is 0 Å². The van der Waals surface area contributed by atoms with Gasteiger partial charge in [-0.2, -0.15) is 0 Å². The molecule has 0 saturated carbocycles. The number of hydrogen-bond donors (Lipinski definition) is 2. The maximum atomic E-state index is 11.8. The summed E-state index contributed by atoms with van der Waals surface area (Å²) in [4.78, 5) is 11.8. The second-order valence-electron chi connectivity index (χ2n) is 4.76. The molecule has 0 heterocycles. The van der Waals surface area contributed by atoms with Crippen LogP contribution in [0.4, 0.5) is 5.69 Å². The quantitative estimate of drug-likeness (QED) is 0.883. The van der Waals surface area contributed by atoms with Crippen LogP contribution < -0.4 is 10.1 Å². The highest BCUT2D eigenvalue weighted by atomic mass is 35.5. The van der Waals surface area contributed by atoms with E-state index in [1.54, 1.807) is 55.5 Å². The molecule has 0 aromatic heterocycles. The van der Waals surface area contributed by atoms with Gasteiger partial charge in [0.25, 0.3) is 0 Å². The Labute approximate surface area is 128 Å². The van der Waals surface area contributed by atoms with Gasteiger partial charge >= 0.3 is 5.97 Å². The number of carboxylic acids is 1. The Morgan fingerprint density at radius 2 is 1.81 bits per heavy atom. The second kappa shape index (κ2) is 6.06. The Kier molecular flexibility index (Phi) is 4.38. The predicted molar refractivity (Wildman–Crippen MR) is 83.1 cm³/mol. The average Bonchev–Trinajstić information content (AvgIpc) is 2.49. The molecule has 0 bridgehead atoms. The summed E-state index contributed by atoms with van der Waals surface area (Å²) in [7, 11) is 1.52. The highest BCUT2D eigenvalue weighted by Gasteiger charge is 2.37. The third kappa shape index (κ3) is 3.11. The lowest BCUT2D eigenvalue weighted by Crippen LogP contribution is -2.40. The molecule has 0 amide bonds. The highest BCUT2D eigenvalue weighted by Crippen LogP contribution is 2.33. The van der Waals surface area contributed by atoms with E-state index in [4.69, 9.17) is 16.3 Å². The zero-order valence-electron chi connectivity index (χ0n) is 11.8. The third-order valence-electron chi connectivity index (χ3n) is 3.31. The van der Waals surface area contributed by atoms with Crippen LogP contribution in [0.25, 0.3) is 0 Å². The number of carbonyl (C=O) groups is 1. The number of para-hydroxylation sites is 1. The highest BCUT2D eigenvalue weighted by molar-refractivity contribution is 6.30. The van der Waals surface area contributed by atoms with Crippen molar-refractivity contribution >= 4 is 23.3 Å². The van der Waals surface area contributed by atoms with Gasteiger partial charge in [-0.05, 0) is 37.3 Å². The van der Waals surface area contributed by atoms with Crippen LogP contribution in [0.3, 0.4) is 0 Å². The summed E-state index contributed by atoms with van der Waals surface area (Å²) >= 11 is 5.85. The molecule has 2 aromatic carbocycles. The molecule has 5 heteroatoms. The van der Waals surface area contributed by atoms with Gasteiger partial charge in [-0.1, -0.05) is 29.8 Å². The first-order valence-corrected chi connectivity index (χ1v) is 6.76. The van der Waals surface area contributed by atoms with Gasteiger partial charge < -0.3 is 15.2 Å². The molecule has 4 nitrogen and oxygen atoms in total. The van der Waals surface area contributed by atoms with Gasteiger partial charge in [-0.3, -0.25) is 0 Å². The summed E-state index contributed by atoms with van der Waals surface area (Å²) in [6, 6.07) is 13.9. The number of rotatable bonds is 5. The topological polar surface area (TPSA) is 58.6 Å². The summed E-state index contributed by atoms with van der Waals surface area (Å²) in [5, 5.41) is 13.3. The Balaban J connectivity index is 2.45. The van der Waals surface area contributed by atoms with Gasteiger partial charge in [0.05, 0.1) is 7.11 Å². The van der Waals surface area contributed by atoms with Crippen molar-refractivity contribution in [2.45, 2.75) is 12.5 Å². The molecule has 0 fully saturated rings. The van der Waals surface area contributed by atoms with Crippen molar-refractivity contribution in [2.24, 2.45) is 0 Å². The van der Waals surface area contributed by atoms with Gasteiger partial charge in [0.15, 0.2) is 5.54 Å². The number of aliphatic carboxylic acids is 1. The molecule has 2 N–H and O–H groups in total. The van der Waals surface area contributed by atoms with Crippen LogP contribution in [-0.2, 0) is 10.3 Å². The van der Waals surface area contributed by atoms with Crippen LogP contribution in [0.15, 0.2) is 48.5 Å². The minimum atomic E-state index is -1.32. The summed E-state index contributed by atoms with van der Waals surface area (Å²) in [6.45, 7) is 1.60. The lowest BCUT2D eigenvalue weighted by Gasteiger charge is -2.29. The standard InChI is InChI=1S/C16H16ClNO3/c1-16(15(19)20,13-5-3-4-6-14(13)21-2)18-12-9-7-11(17)8-10-12/h3-10,18H,1-2H3,(H,19,20). The lowest BCUT2D eigenvalue weighted by molar-refractivity contribution is -0.142. The molecule has 2 aromatic rings. The monoisotopic (exact) mass is 305 g/mol. The molecule has 0 aliphatic carbocycles. The molecule has 0 aliphatic heterocycles. The van der Waals surface area contributed by atoms with E-state index in [2.05, 4.69) is 5.32 Å². The zero-order chi connectivity index (χ0) is 15.5. The van der Waals surface area contributed by atoms with Crippen molar-refractivity contribution in [1.82, 2.24) is 0 Å². The predicted octanol–water partition coefficient (Wildman–Crippen LogP) is 3.76. The fraction of sp³-hybridized carbons (Fsp3) is 0.188. The summed E-state index contributed by atoms with van der Waals surface area (Å²) in [5.74, 6) is -0.481. The molecular weight excluding hydrogens is 290 g/mol. The Hall–Kier alpha value is -2.20. The smallest absolute Gasteiger partial charge is 0.333 e. The molecule has 1 atom stereocenters. The van der Waals surface area contributed by atoms with Crippen molar-refractivity contribution < 1.29 is 14.6 Å². The van der Waals surface area contributed by atoms with Crippen molar-refractivity contribution in [3.8, 4) is 5.75 Å². The fourth-order valence-corrected chi connectivity index (χ4v) is 2.24. The third-order valence-corrected chi connectivity index (χ3v) is 3.56. The zero-order valence-corrected chi connectivity index (χ0v) is 12.5. The van der Waals surface area contributed by atoms with Crippen molar-refractivity contribution in [3.63, 3.8) is 0 Å². The minimum absolute atomic E-state index is 0.517. The molecule has 1 unspecified atom stereocenters. The fourth-order valence-electron chi connectivity index (χ4n) is 2.12. The molecule has 0 spiro atoms. The Morgan fingerprint density at radius 1 is 1.19 bits per heavy atom. The van der Waals surface area contributed by atoms with Crippen molar-refractivity contribution in [1.29, 1.82) is 0 Å². The molecule has 0 aliphatic rings. The van der Waals surface area contributed by atoms with E-state index in [1.807, 2.05) is 0 Å². The lowest BCUT2D eigenvalue weighted by atomic mass is 9.90. The first kappa shape index (κ1) is 15.2. The van der Waals surface area contributed by atoms with E-state index in [9.17, 15) is 9.90 Å². The van der Waals surface area contributed by atoms with E-state index in [0.717, 1.165) is 0 Å². The van der Waals surface area contributed by atoms with E-state index in [1.165, 1.54) is 7.11 Å². The van der Waals surface area contributed by atoms with Gasteiger partial charge in [0, 0.05) is 16.3 Å². The van der Waals surface area contributed by atoms with E-state index in [0.29, 0.717) is 22.0 Å². The summed E-state index contributed by atoms with van der Waals surface area (Å²) < 4.78 is 5.27. The van der Waals surface area contributed by atoms with Crippen molar-refractivity contribution in [2.75, 3.05) is 12.4 Å². The van der Waals surface area contributed by atoms with Crippen LogP contribution >= 0.6 is 11.6 Å². The number of hydrogen-bond acceptors (Lipinski definition) is 3. The van der Waals surface area contributed by atoms with Crippen LogP contribution in [0.5, 0.6) is 5.75 Å². The number of halogens is 1. The normalized spacial score (nSPS) is 13.3. The molecular formula is C16H16ClNO3. The average molecular weight is 306 g/mol. The number of ether oxygens (including phenoxy) is 1. The van der Waals surface area contributed by atoms with Gasteiger partial charge in [0.2, 0.25) is 0 Å². The van der Waals surface area contributed by atoms with Crippen LogP contribution in [0.2, 0.25) is 5.02 Å². The molecule has 0 saturated heterocycles. The second-order valence-corrected chi connectivity index (χ2v) is 5.20. The number of carboxylic acid groups (broad SMARTS) is 1. The molecule has 2 rings (SSSR count). The van der Waals surface area contributed by atoms with Crippen LogP contribution in [0.1, 0.15) is 12.5 Å². The Bertz CT molecular complexity index is 642. The largest absolute Gasteiger partial charge is 0.496 e. The van der Waals surface area contributed by atoms with Gasteiger partial charge in [-0.25, -0.2) is 4.79 Å². The Morgan fingerprint density at radius 3 is 2.38 bits per heavy atom. The van der Waals surface area contributed by atoms with Crippen LogP contribution in [-0.4, -0.2) is 18.2 Å². The number of nitrogens with one attached hydrogen (secondary N) is 1. The van der Waals surface area contributed by atoms with E-state index < -0.39 is 11.5 Å². The summed E-state index contributed by atoms with van der Waals surface area (Å²) in [5.41, 5.74) is -0.106. The molecule has 0 radical (unpaired) electrons. The molecule has 110 valence electrons. The maximum Gasteiger partial charge on any atom is 0.333 e. The van der Waals surface area contributed by atoms with Gasteiger partial charge in [0.1, 0.15) is 5.75 Å². The molecule has 21 heavy (non-hydrogen) atoms. The van der Waals surface area contributed by atoms with Crippen molar-refractivity contribution in [3.05, 3.63) is 59.1 Å². The number of anilines is 1. The number of methoxy groups -OCH3 is 1.